The van der Waals surface area contributed by atoms with Crippen LogP contribution in [0.1, 0.15) is 27.2 Å². The summed E-state index contributed by atoms with van der Waals surface area (Å²) >= 11 is 1.11. The number of allylic oxidation sites excluding steroid dienone is 1. The highest BCUT2D eigenvalue weighted by atomic mass is 32.2. The molecule has 0 spiro atoms. The minimum atomic E-state index is -1.78. The fourth-order valence-electron chi connectivity index (χ4n) is 1.34. The number of esters is 2. The van der Waals surface area contributed by atoms with Crippen LogP contribution in [0.2, 0.25) is 0 Å². The third kappa shape index (κ3) is 6.11. The Hall–Kier alpha value is -0.990. The predicted octanol–water partition coefficient (Wildman–Crippen LogP) is 2.97. The molecule has 6 nitrogen and oxygen atoms in total. The maximum absolute atomic E-state index is 12.2. The van der Waals surface area contributed by atoms with Crippen LogP contribution in [0.5, 0.6) is 0 Å². The summed E-state index contributed by atoms with van der Waals surface area (Å²) in [5.41, 5.74) is 0. The minimum Gasteiger partial charge on any atom is -0.464 e. The Labute approximate surface area is 133 Å². The maximum Gasteiger partial charge on any atom is 0.334 e. The van der Waals surface area contributed by atoms with Crippen molar-refractivity contribution in [1.82, 2.24) is 0 Å². The van der Waals surface area contributed by atoms with E-state index < -0.39 is 21.1 Å². The smallest absolute Gasteiger partial charge is 0.334 e. The van der Waals surface area contributed by atoms with Crippen molar-refractivity contribution in [2.75, 3.05) is 19.8 Å². The molecule has 0 aromatic rings. The highest BCUT2D eigenvalue weighted by molar-refractivity contribution is 8.37. The van der Waals surface area contributed by atoms with E-state index in [0.717, 1.165) is 0 Å². The average molecular weight is 336 g/mol. The summed E-state index contributed by atoms with van der Waals surface area (Å²) in [5, 5.41) is 0. The Morgan fingerprint density at radius 1 is 1.05 bits per heavy atom. The second kappa shape index (κ2) is 10.7. The van der Waals surface area contributed by atoms with Crippen molar-refractivity contribution >= 4 is 40.2 Å². The highest BCUT2D eigenvalue weighted by Crippen LogP contribution is 2.37. The molecule has 0 amide bonds. The molecule has 0 fully saturated rings. The largest absolute Gasteiger partial charge is 0.464 e. The Balaban J connectivity index is 5.35. The van der Waals surface area contributed by atoms with Crippen LogP contribution < -0.4 is 0 Å². The van der Waals surface area contributed by atoms with Gasteiger partial charge in [-0.15, -0.1) is 6.58 Å². The molecule has 0 rings (SSSR count). The van der Waals surface area contributed by atoms with Gasteiger partial charge in [-0.1, -0.05) is 6.08 Å². The van der Waals surface area contributed by atoms with Crippen molar-refractivity contribution in [3.8, 4) is 0 Å². The van der Waals surface area contributed by atoms with Gasteiger partial charge in [0.1, 0.15) is 0 Å². The van der Waals surface area contributed by atoms with Crippen LogP contribution in [-0.2, 0) is 23.2 Å². The van der Waals surface area contributed by atoms with Crippen molar-refractivity contribution in [3.05, 3.63) is 12.7 Å². The Kier molecular flexibility index (Phi) is 10.2. The molecule has 8 heteroatoms. The molecule has 0 aliphatic heterocycles. The predicted molar refractivity (Wildman–Crippen MR) is 83.0 cm³/mol. The van der Waals surface area contributed by atoms with Gasteiger partial charge in [-0.3, -0.25) is 4.79 Å². The van der Waals surface area contributed by atoms with Gasteiger partial charge in [-0.05, 0) is 32.5 Å². The molecule has 0 atom stereocenters. The molecule has 21 heavy (non-hydrogen) atoms. The summed E-state index contributed by atoms with van der Waals surface area (Å²) in [5.74, 6) is -1.64. The van der Waals surface area contributed by atoms with Gasteiger partial charge in [0.25, 0.3) is 4.45 Å². The Morgan fingerprint density at radius 3 is 1.95 bits per heavy atom. The quantitative estimate of drug-likeness (QED) is 0.275. The van der Waals surface area contributed by atoms with Gasteiger partial charge in [0, 0.05) is 6.42 Å². The Morgan fingerprint density at radius 2 is 1.57 bits per heavy atom. The molecule has 0 saturated carbocycles. The molecule has 0 radical (unpaired) electrons. The number of rotatable bonds is 9. The molecule has 120 valence electrons. The fourth-order valence-corrected chi connectivity index (χ4v) is 3.03. The molecule has 0 unspecified atom stereocenters. The highest BCUT2D eigenvalue weighted by Gasteiger charge is 2.51. The van der Waals surface area contributed by atoms with Crippen LogP contribution in [0.4, 0.5) is 4.79 Å². The summed E-state index contributed by atoms with van der Waals surface area (Å²) in [6.07, 6.45) is 1.30. The molecule has 0 aromatic carbocycles. The molecule has 0 aromatic heterocycles. The zero-order valence-corrected chi connectivity index (χ0v) is 14.0. The van der Waals surface area contributed by atoms with Crippen molar-refractivity contribution < 1.29 is 28.0 Å². The number of carbonyl (C=O) groups excluding carboxylic acids is 3. The summed E-state index contributed by atoms with van der Waals surface area (Å²) in [7, 11) is 0. The number of ether oxygens (including phenoxy) is 2. The fraction of sp³-hybridized carbons (Fsp3) is 0.615. The van der Waals surface area contributed by atoms with E-state index in [1.807, 2.05) is 0 Å². The second-order valence-corrected chi connectivity index (χ2v) is 5.91. The van der Waals surface area contributed by atoms with Crippen LogP contribution in [0.25, 0.3) is 0 Å². The molecular weight excluding hydrogens is 316 g/mol. The van der Waals surface area contributed by atoms with Gasteiger partial charge in [-0.25, -0.2) is 9.59 Å². The van der Waals surface area contributed by atoms with Crippen molar-refractivity contribution in [1.29, 1.82) is 0 Å². The maximum atomic E-state index is 12.2. The first kappa shape index (κ1) is 20.0. The van der Waals surface area contributed by atoms with Crippen LogP contribution in [0.15, 0.2) is 12.7 Å². The lowest BCUT2D eigenvalue weighted by molar-refractivity contribution is -0.158. The van der Waals surface area contributed by atoms with E-state index in [9.17, 15) is 14.4 Å². The second-order valence-electron chi connectivity index (χ2n) is 3.60. The zero-order chi connectivity index (χ0) is 16.3. The van der Waals surface area contributed by atoms with Crippen molar-refractivity contribution in [3.63, 3.8) is 0 Å². The molecule has 0 heterocycles. The van der Waals surface area contributed by atoms with Crippen molar-refractivity contribution in [2.45, 2.75) is 31.9 Å². The molecule has 0 aliphatic carbocycles. The van der Waals surface area contributed by atoms with E-state index in [1.54, 1.807) is 20.8 Å². The van der Waals surface area contributed by atoms with Gasteiger partial charge in [0.2, 0.25) is 4.75 Å². The SMILES string of the molecule is C=CCC(SC(=O)SOCC)(C(=O)OCC)C(=O)OCC. The van der Waals surface area contributed by atoms with E-state index in [2.05, 4.69) is 6.58 Å². The van der Waals surface area contributed by atoms with Crippen LogP contribution in [0, 0.1) is 0 Å². The van der Waals surface area contributed by atoms with Crippen molar-refractivity contribution in [2.24, 2.45) is 0 Å². The topological polar surface area (TPSA) is 78.9 Å². The Bertz CT molecular complexity index is 365. The lowest BCUT2D eigenvalue weighted by Crippen LogP contribution is -2.46. The summed E-state index contributed by atoms with van der Waals surface area (Å²) < 4.78 is 12.4. The third-order valence-corrected chi connectivity index (χ3v) is 4.10. The van der Waals surface area contributed by atoms with E-state index in [0.29, 0.717) is 30.4 Å². The van der Waals surface area contributed by atoms with Crippen LogP contribution in [0.3, 0.4) is 0 Å². The number of carbonyl (C=O) groups is 3. The first-order valence-corrected chi connectivity index (χ1v) is 8.02. The number of hydrogen-bond donors (Lipinski definition) is 0. The van der Waals surface area contributed by atoms with E-state index in [1.165, 1.54) is 6.08 Å². The van der Waals surface area contributed by atoms with Gasteiger partial charge in [0.15, 0.2) is 0 Å². The van der Waals surface area contributed by atoms with Gasteiger partial charge in [-0.2, -0.15) is 0 Å². The lowest BCUT2D eigenvalue weighted by Gasteiger charge is -2.26. The number of thioether (sulfide) groups is 1. The van der Waals surface area contributed by atoms with Gasteiger partial charge >= 0.3 is 11.9 Å². The zero-order valence-electron chi connectivity index (χ0n) is 12.4. The molecular formula is C13H20O6S2. The lowest BCUT2D eigenvalue weighted by atomic mass is 10.1. The normalized spacial score (nSPS) is 10.8. The third-order valence-electron chi connectivity index (χ3n) is 2.14. The summed E-state index contributed by atoms with van der Waals surface area (Å²) in [6.45, 7) is 8.97. The van der Waals surface area contributed by atoms with Crippen LogP contribution >= 0.6 is 23.8 Å². The van der Waals surface area contributed by atoms with E-state index in [4.69, 9.17) is 13.7 Å². The first-order chi connectivity index (χ1) is 9.98. The van der Waals surface area contributed by atoms with Gasteiger partial charge in [0.05, 0.1) is 31.9 Å². The van der Waals surface area contributed by atoms with Crippen LogP contribution in [-0.4, -0.2) is 41.0 Å². The standard InChI is InChI=1S/C13H20O6S2/c1-5-9-13(10(14)17-6-2,11(15)18-7-3)20-12(16)21-19-8-4/h5H,1,6-9H2,2-4H3. The monoisotopic (exact) mass is 336 g/mol. The van der Waals surface area contributed by atoms with E-state index in [-0.39, 0.29) is 19.6 Å². The summed E-state index contributed by atoms with van der Waals surface area (Å²) in [6, 6.07) is 0. The van der Waals surface area contributed by atoms with Gasteiger partial charge < -0.3 is 13.7 Å². The number of hydrogen-bond acceptors (Lipinski definition) is 8. The molecule has 0 bridgehead atoms. The minimum absolute atomic E-state index is 0.0756. The van der Waals surface area contributed by atoms with E-state index >= 15 is 0 Å². The molecule has 0 N–H and O–H groups in total. The molecule has 0 saturated heterocycles. The summed E-state index contributed by atoms with van der Waals surface area (Å²) in [4.78, 5) is 36.2. The average Bonchev–Trinajstić information content (AvgIpc) is 2.44. The first-order valence-electron chi connectivity index (χ1n) is 6.46. The molecule has 0 aliphatic rings.